The number of hydrogen-bond acceptors (Lipinski definition) is 2. The van der Waals surface area contributed by atoms with E-state index in [0.29, 0.717) is 12.2 Å². The lowest BCUT2D eigenvalue weighted by Gasteiger charge is -2.35. The average molecular weight is 407 g/mol. The summed E-state index contributed by atoms with van der Waals surface area (Å²) < 4.78 is 0. The van der Waals surface area contributed by atoms with E-state index in [-0.39, 0.29) is 0 Å². The standard InChI is InChI=1S/C27H54N2/c1-5-7-9-11-13-14-15-16-18-20-22-27-28(24-25-29(27)26(3)4)23-21-19-17-12-10-8-6-2/h24-27H,5-23H2,1-4H3. The topological polar surface area (TPSA) is 6.48 Å². The third kappa shape index (κ3) is 12.6. The van der Waals surface area contributed by atoms with Crippen LogP contribution < -0.4 is 0 Å². The van der Waals surface area contributed by atoms with Gasteiger partial charge in [-0.25, -0.2) is 0 Å². The van der Waals surface area contributed by atoms with Gasteiger partial charge in [-0.05, 0) is 33.1 Å². The van der Waals surface area contributed by atoms with E-state index in [9.17, 15) is 0 Å². The summed E-state index contributed by atoms with van der Waals surface area (Å²) in [6.45, 7) is 10.5. The predicted molar refractivity (Wildman–Crippen MR) is 131 cm³/mol. The minimum absolute atomic E-state index is 0.610. The molecule has 1 unspecified atom stereocenters. The maximum atomic E-state index is 2.64. The minimum Gasteiger partial charge on any atom is -0.356 e. The van der Waals surface area contributed by atoms with Crippen molar-refractivity contribution < 1.29 is 0 Å². The molecule has 0 radical (unpaired) electrons. The second-order valence-corrected chi connectivity index (χ2v) is 9.65. The van der Waals surface area contributed by atoms with Gasteiger partial charge >= 0.3 is 0 Å². The molecule has 0 amide bonds. The van der Waals surface area contributed by atoms with Crippen LogP contribution in [0.25, 0.3) is 0 Å². The molecule has 1 aliphatic heterocycles. The van der Waals surface area contributed by atoms with Crippen LogP contribution in [0.3, 0.4) is 0 Å². The average Bonchev–Trinajstić information content (AvgIpc) is 3.11. The molecule has 0 aromatic heterocycles. The summed E-state index contributed by atoms with van der Waals surface area (Å²) in [5.74, 6) is 0. The first kappa shape index (κ1) is 26.4. The van der Waals surface area contributed by atoms with Crippen molar-refractivity contribution in [1.82, 2.24) is 9.80 Å². The molecule has 1 aliphatic rings. The molecule has 0 aromatic rings. The Balaban J connectivity index is 2.14. The first-order chi connectivity index (χ1) is 14.2. The van der Waals surface area contributed by atoms with Crippen LogP contribution in [0.2, 0.25) is 0 Å². The third-order valence-electron chi connectivity index (χ3n) is 6.59. The second kappa shape index (κ2) is 18.1. The van der Waals surface area contributed by atoms with Crippen molar-refractivity contribution in [2.45, 2.75) is 155 Å². The van der Waals surface area contributed by atoms with Gasteiger partial charge in [0.15, 0.2) is 0 Å². The van der Waals surface area contributed by atoms with E-state index in [1.165, 1.54) is 122 Å². The van der Waals surface area contributed by atoms with Gasteiger partial charge < -0.3 is 9.80 Å². The Hall–Kier alpha value is -0.660. The predicted octanol–water partition coefficient (Wildman–Crippen LogP) is 8.87. The van der Waals surface area contributed by atoms with Gasteiger partial charge in [0, 0.05) is 25.0 Å². The minimum atomic E-state index is 0.610. The molecule has 1 atom stereocenters. The molecular weight excluding hydrogens is 352 g/mol. The molecule has 0 aromatic carbocycles. The normalized spacial score (nSPS) is 16.5. The Labute approximate surface area is 184 Å². The smallest absolute Gasteiger partial charge is 0.101 e. The maximum Gasteiger partial charge on any atom is 0.101 e. The Morgan fingerprint density at radius 2 is 1.03 bits per heavy atom. The number of hydrogen-bond donors (Lipinski definition) is 0. The van der Waals surface area contributed by atoms with Gasteiger partial charge in [0.2, 0.25) is 0 Å². The molecule has 2 nitrogen and oxygen atoms in total. The molecule has 0 aliphatic carbocycles. The fourth-order valence-corrected chi connectivity index (χ4v) is 4.65. The lowest BCUT2D eigenvalue weighted by molar-refractivity contribution is 0.114. The highest BCUT2D eigenvalue weighted by Gasteiger charge is 2.26. The number of unbranched alkanes of at least 4 members (excludes halogenated alkanes) is 15. The van der Waals surface area contributed by atoms with Crippen molar-refractivity contribution >= 4 is 0 Å². The fraction of sp³-hybridized carbons (Fsp3) is 0.926. The Kier molecular flexibility index (Phi) is 16.5. The highest BCUT2D eigenvalue weighted by molar-refractivity contribution is 4.98. The van der Waals surface area contributed by atoms with E-state index in [1.54, 1.807) is 0 Å². The van der Waals surface area contributed by atoms with Crippen molar-refractivity contribution in [2.24, 2.45) is 0 Å². The first-order valence-electron chi connectivity index (χ1n) is 13.4. The molecule has 0 N–H and O–H groups in total. The second-order valence-electron chi connectivity index (χ2n) is 9.65. The zero-order valence-electron chi connectivity index (χ0n) is 20.6. The van der Waals surface area contributed by atoms with Gasteiger partial charge in [0.05, 0.1) is 0 Å². The molecule has 1 heterocycles. The lowest BCUT2D eigenvalue weighted by atomic mass is 10.0. The fourth-order valence-electron chi connectivity index (χ4n) is 4.65. The largest absolute Gasteiger partial charge is 0.356 e. The van der Waals surface area contributed by atoms with Crippen LogP contribution in [0.15, 0.2) is 12.4 Å². The molecule has 0 saturated carbocycles. The van der Waals surface area contributed by atoms with Crippen LogP contribution >= 0.6 is 0 Å². The van der Waals surface area contributed by atoms with Gasteiger partial charge in [-0.1, -0.05) is 110 Å². The summed E-state index contributed by atoms with van der Waals surface area (Å²) in [7, 11) is 0. The van der Waals surface area contributed by atoms with Gasteiger partial charge in [-0.15, -0.1) is 0 Å². The molecule has 0 spiro atoms. The lowest BCUT2D eigenvalue weighted by Crippen LogP contribution is -2.42. The van der Waals surface area contributed by atoms with Crippen molar-refractivity contribution in [3.8, 4) is 0 Å². The summed E-state index contributed by atoms with van der Waals surface area (Å²) in [6, 6.07) is 0.610. The Bertz CT molecular complexity index is 377. The summed E-state index contributed by atoms with van der Waals surface area (Å²) in [5.41, 5.74) is 0. The molecular formula is C27H54N2. The van der Waals surface area contributed by atoms with E-state index in [4.69, 9.17) is 0 Å². The molecule has 2 heteroatoms. The zero-order valence-corrected chi connectivity index (χ0v) is 20.6. The summed E-state index contributed by atoms with van der Waals surface area (Å²) in [4.78, 5) is 5.23. The van der Waals surface area contributed by atoms with Crippen molar-refractivity contribution in [2.75, 3.05) is 6.54 Å². The molecule has 0 saturated heterocycles. The molecule has 29 heavy (non-hydrogen) atoms. The Morgan fingerprint density at radius 1 is 0.586 bits per heavy atom. The van der Waals surface area contributed by atoms with E-state index < -0.39 is 0 Å². The quantitative estimate of drug-likeness (QED) is 0.186. The van der Waals surface area contributed by atoms with Crippen molar-refractivity contribution in [3.05, 3.63) is 12.4 Å². The van der Waals surface area contributed by atoms with Gasteiger partial charge in [0.1, 0.15) is 6.17 Å². The van der Waals surface area contributed by atoms with Gasteiger partial charge in [0.25, 0.3) is 0 Å². The van der Waals surface area contributed by atoms with Crippen LogP contribution in [0.4, 0.5) is 0 Å². The molecule has 1 rings (SSSR count). The zero-order chi connectivity index (χ0) is 21.2. The maximum absolute atomic E-state index is 2.64. The summed E-state index contributed by atoms with van der Waals surface area (Å²) in [6.07, 6.45) is 30.8. The first-order valence-corrected chi connectivity index (χ1v) is 13.4. The van der Waals surface area contributed by atoms with Crippen molar-refractivity contribution in [1.29, 1.82) is 0 Å². The highest BCUT2D eigenvalue weighted by Crippen LogP contribution is 2.24. The van der Waals surface area contributed by atoms with Crippen molar-refractivity contribution in [3.63, 3.8) is 0 Å². The van der Waals surface area contributed by atoms with Crippen LogP contribution in [0, 0.1) is 0 Å². The number of rotatable bonds is 20. The SMILES string of the molecule is CCCCCCCCCCCCC1N(CCCCCCCCC)C=CN1C(C)C. The monoisotopic (exact) mass is 406 g/mol. The Morgan fingerprint density at radius 3 is 1.52 bits per heavy atom. The van der Waals surface area contributed by atoms with Gasteiger partial charge in [-0.2, -0.15) is 0 Å². The molecule has 0 bridgehead atoms. The van der Waals surface area contributed by atoms with E-state index >= 15 is 0 Å². The van der Waals surface area contributed by atoms with Crippen LogP contribution in [-0.2, 0) is 0 Å². The van der Waals surface area contributed by atoms with E-state index in [2.05, 4.69) is 49.9 Å². The molecule has 0 fully saturated rings. The summed E-state index contributed by atoms with van der Waals surface area (Å²) >= 11 is 0. The number of nitrogens with zero attached hydrogens (tertiary/aromatic N) is 2. The van der Waals surface area contributed by atoms with Gasteiger partial charge in [-0.3, -0.25) is 0 Å². The summed E-state index contributed by atoms with van der Waals surface area (Å²) in [5, 5.41) is 0. The van der Waals surface area contributed by atoms with E-state index in [1.807, 2.05) is 0 Å². The van der Waals surface area contributed by atoms with E-state index in [0.717, 1.165) is 0 Å². The van der Waals surface area contributed by atoms with Crippen LogP contribution in [-0.4, -0.2) is 28.6 Å². The third-order valence-corrected chi connectivity index (χ3v) is 6.59. The molecule has 172 valence electrons. The van der Waals surface area contributed by atoms with Crippen LogP contribution in [0.1, 0.15) is 143 Å². The highest BCUT2D eigenvalue weighted by atomic mass is 15.4. The van der Waals surface area contributed by atoms with Crippen LogP contribution in [0.5, 0.6) is 0 Å².